The molecule has 0 saturated carbocycles. The van der Waals surface area contributed by atoms with Crippen LogP contribution in [0, 0.1) is 0 Å². The molecule has 1 aromatic carbocycles. The van der Waals surface area contributed by atoms with E-state index in [4.69, 9.17) is 4.74 Å². The molecule has 1 aromatic rings. The summed E-state index contributed by atoms with van der Waals surface area (Å²) in [6.45, 7) is 4.28. The highest BCUT2D eigenvalue weighted by molar-refractivity contribution is 9.10. The number of fused-ring (bicyclic) bond motifs is 1. The number of nitrogens with one attached hydrogen (secondary N) is 1. The van der Waals surface area contributed by atoms with Gasteiger partial charge in [-0.1, -0.05) is 15.9 Å². The molecular formula is C15H19BrClN3O3. The number of carbonyl (C=O) groups excluding carboxylic acids is 2. The minimum atomic E-state index is -0.189. The van der Waals surface area contributed by atoms with Crippen molar-refractivity contribution in [2.24, 2.45) is 0 Å². The molecule has 1 atom stereocenters. The van der Waals surface area contributed by atoms with Crippen molar-refractivity contribution in [3.05, 3.63) is 22.7 Å². The zero-order valence-corrected chi connectivity index (χ0v) is 15.2. The molecule has 0 unspecified atom stereocenters. The third-order valence-corrected chi connectivity index (χ3v) is 4.47. The molecule has 3 rings (SSSR count). The maximum atomic E-state index is 12.6. The van der Waals surface area contributed by atoms with Crippen LogP contribution >= 0.6 is 28.3 Å². The minimum Gasteiger partial charge on any atom is -0.482 e. The van der Waals surface area contributed by atoms with E-state index in [-0.39, 0.29) is 43.4 Å². The SMILES string of the molecule is C[C@H]1CNCCN1C(=O)CN1C(=O)COc2cc(Br)ccc21.Cl. The summed E-state index contributed by atoms with van der Waals surface area (Å²) >= 11 is 3.38. The number of hydrogen-bond donors (Lipinski definition) is 1. The maximum Gasteiger partial charge on any atom is 0.265 e. The molecule has 8 heteroatoms. The van der Waals surface area contributed by atoms with Gasteiger partial charge in [-0.05, 0) is 25.1 Å². The van der Waals surface area contributed by atoms with Crippen LogP contribution < -0.4 is 15.0 Å². The lowest BCUT2D eigenvalue weighted by molar-refractivity contribution is -0.134. The van der Waals surface area contributed by atoms with E-state index >= 15 is 0 Å². The lowest BCUT2D eigenvalue weighted by Crippen LogP contribution is -2.55. The first-order chi connectivity index (χ1) is 10.6. The van der Waals surface area contributed by atoms with E-state index in [2.05, 4.69) is 21.2 Å². The smallest absolute Gasteiger partial charge is 0.265 e. The normalized spacial score (nSPS) is 20.4. The van der Waals surface area contributed by atoms with Gasteiger partial charge in [0.1, 0.15) is 12.3 Å². The van der Waals surface area contributed by atoms with Gasteiger partial charge in [-0.3, -0.25) is 14.5 Å². The summed E-state index contributed by atoms with van der Waals surface area (Å²) in [4.78, 5) is 28.0. The molecule has 2 amide bonds. The molecule has 1 fully saturated rings. The van der Waals surface area contributed by atoms with Gasteiger partial charge in [0.2, 0.25) is 5.91 Å². The molecule has 0 radical (unpaired) electrons. The minimum absolute atomic E-state index is 0. The van der Waals surface area contributed by atoms with Crippen molar-refractivity contribution < 1.29 is 14.3 Å². The number of piperazine rings is 1. The van der Waals surface area contributed by atoms with Gasteiger partial charge in [0.25, 0.3) is 5.91 Å². The monoisotopic (exact) mass is 403 g/mol. The van der Waals surface area contributed by atoms with E-state index in [0.29, 0.717) is 18.0 Å². The second-order valence-corrected chi connectivity index (χ2v) is 6.44. The summed E-state index contributed by atoms with van der Waals surface area (Å²) in [5.41, 5.74) is 0.649. The van der Waals surface area contributed by atoms with Crippen molar-refractivity contribution in [2.75, 3.05) is 37.7 Å². The van der Waals surface area contributed by atoms with E-state index < -0.39 is 0 Å². The molecule has 2 aliphatic rings. The lowest BCUT2D eigenvalue weighted by Gasteiger charge is -2.36. The standard InChI is InChI=1S/C15H18BrN3O3.ClH/c1-10-7-17-4-5-18(10)14(20)8-19-12-3-2-11(16)6-13(12)22-9-15(19)21;/h2-3,6,10,17H,4-5,7-9H2,1H3;1H/t10-;/m0./s1. The van der Waals surface area contributed by atoms with Gasteiger partial charge in [-0.2, -0.15) is 0 Å². The Morgan fingerprint density at radius 3 is 3.00 bits per heavy atom. The molecule has 2 aliphatic heterocycles. The summed E-state index contributed by atoms with van der Waals surface area (Å²) < 4.78 is 6.32. The number of halogens is 2. The number of ether oxygens (including phenoxy) is 1. The van der Waals surface area contributed by atoms with Gasteiger partial charge in [-0.25, -0.2) is 0 Å². The molecule has 2 heterocycles. The fourth-order valence-corrected chi connectivity index (χ4v) is 3.13. The van der Waals surface area contributed by atoms with Gasteiger partial charge in [0.15, 0.2) is 6.61 Å². The number of benzene rings is 1. The van der Waals surface area contributed by atoms with Crippen molar-refractivity contribution >= 4 is 45.8 Å². The molecule has 0 spiro atoms. The van der Waals surface area contributed by atoms with Gasteiger partial charge < -0.3 is 15.0 Å². The topological polar surface area (TPSA) is 61.9 Å². The van der Waals surface area contributed by atoms with Crippen molar-refractivity contribution in [3.63, 3.8) is 0 Å². The molecule has 1 saturated heterocycles. The third-order valence-electron chi connectivity index (χ3n) is 3.98. The van der Waals surface area contributed by atoms with Crippen LogP contribution in [-0.2, 0) is 9.59 Å². The number of amides is 2. The predicted molar refractivity (Wildman–Crippen MR) is 93.3 cm³/mol. The van der Waals surface area contributed by atoms with Gasteiger partial charge in [0, 0.05) is 30.1 Å². The van der Waals surface area contributed by atoms with E-state index in [1.54, 1.807) is 6.07 Å². The predicted octanol–water partition coefficient (Wildman–Crippen LogP) is 1.42. The van der Waals surface area contributed by atoms with E-state index in [9.17, 15) is 9.59 Å². The quantitative estimate of drug-likeness (QED) is 0.810. The molecule has 1 N–H and O–H groups in total. The number of hydrogen-bond acceptors (Lipinski definition) is 4. The second-order valence-electron chi connectivity index (χ2n) is 5.52. The van der Waals surface area contributed by atoms with Crippen LogP contribution in [0.15, 0.2) is 22.7 Å². The molecule has 0 aromatic heterocycles. The maximum absolute atomic E-state index is 12.6. The average Bonchev–Trinajstić information content (AvgIpc) is 2.50. The zero-order valence-electron chi connectivity index (χ0n) is 12.8. The average molecular weight is 405 g/mol. The first-order valence-electron chi connectivity index (χ1n) is 7.29. The zero-order chi connectivity index (χ0) is 15.7. The van der Waals surface area contributed by atoms with Gasteiger partial charge in [-0.15, -0.1) is 12.4 Å². The van der Waals surface area contributed by atoms with Gasteiger partial charge in [0.05, 0.1) is 5.69 Å². The number of carbonyl (C=O) groups is 2. The van der Waals surface area contributed by atoms with Crippen LogP contribution in [0.2, 0.25) is 0 Å². The summed E-state index contributed by atoms with van der Waals surface area (Å²) in [7, 11) is 0. The Bertz CT molecular complexity index is 614. The second kappa shape index (κ2) is 7.51. The largest absolute Gasteiger partial charge is 0.482 e. The van der Waals surface area contributed by atoms with Crippen LogP contribution in [0.5, 0.6) is 5.75 Å². The Kier molecular flexibility index (Phi) is 5.89. The third kappa shape index (κ3) is 3.79. The highest BCUT2D eigenvalue weighted by atomic mass is 79.9. The van der Waals surface area contributed by atoms with Crippen molar-refractivity contribution in [3.8, 4) is 5.75 Å². The summed E-state index contributed by atoms with van der Waals surface area (Å²) in [5, 5.41) is 3.25. The first kappa shape index (κ1) is 18.0. The van der Waals surface area contributed by atoms with E-state index in [1.165, 1.54) is 4.90 Å². The first-order valence-corrected chi connectivity index (χ1v) is 8.08. The summed E-state index contributed by atoms with van der Waals surface area (Å²) in [5.74, 6) is 0.402. The Labute approximate surface area is 149 Å². The summed E-state index contributed by atoms with van der Waals surface area (Å²) in [6, 6.07) is 5.59. The lowest BCUT2D eigenvalue weighted by atomic mass is 10.2. The Balaban J connectivity index is 0.00000192. The fraction of sp³-hybridized carbons (Fsp3) is 0.467. The molecule has 126 valence electrons. The molecule has 23 heavy (non-hydrogen) atoms. The molecular weight excluding hydrogens is 386 g/mol. The van der Waals surface area contributed by atoms with Crippen molar-refractivity contribution in [1.29, 1.82) is 0 Å². The molecule has 6 nitrogen and oxygen atoms in total. The van der Waals surface area contributed by atoms with Crippen LogP contribution in [0.3, 0.4) is 0 Å². The molecule has 0 bridgehead atoms. The highest BCUT2D eigenvalue weighted by Gasteiger charge is 2.31. The number of nitrogens with zero attached hydrogens (tertiary/aromatic N) is 2. The Morgan fingerprint density at radius 2 is 2.26 bits per heavy atom. The van der Waals surface area contributed by atoms with Crippen LogP contribution in [0.25, 0.3) is 0 Å². The summed E-state index contributed by atoms with van der Waals surface area (Å²) in [6.07, 6.45) is 0. The van der Waals surface area contributed by atoms with Crippen LogP contribution in [0.4, 0.5) is 5.69 Å². The highest BCUT2D eigenvalue weighted by Crippen LogP contribution is 2.34. The van der Waals surface area contributed by atoms with Crippen molar-refractivity contribution in [2.45, 2.75) is 13.0 Å². The van der Waals surface area contributed by atoms with E-state index in [0.717, 1.165) is 17.6 Å². The fourth-order valence-electron chi connectivity index (χ4n) is 2.79. The number of rotatable bonds is 2. The Hall–Kier alpha value is -1.31. The molecule has 0 aliphatic carbocycles. The van der Waals surface area contributed by atoms with Crippen LogP contribution in [-0.4, -0.2) is 55.5 Å². The van der Waals surface area contributed by atoms with Gasteiger partial charge >= 0.3 is 0 Å². The number of anilines is 1. The van der Waals surface area contributed by atoms with E-state index in [1.807, 2.05) is 24.0 Å². The Morgan fingerprint density at radius 1 is 1.48 bits per heavy atom. The van der Waals surface area contributed by atoms with Crippen molar-refractivity contribution in [1.82, 2.24) is 10.2 Å². The van der Waals surface area contributed by atoms with Crippen LogP contribution in [0.1, 0.15) is 6.92 Å².